The predicted octanol–water partition coefficient (Wildman–Crippen LogP) is 1.18. The van der Waals surface area contributed by atoms with Crippen molar-refractivity contribution in [1.29, 1.82) is 0 Å². The van der Waals surface area contributed by atoms with E-state index in [0.717, 1.165) is 17.0 Å². The molecule has 2 aromatic rings. The maximum atomic E-state index is 12.5. The highest BCUT2D eigenvalue weighted by atomic mass is 16.5. The number of ether oxygens (including phenoxy) is 1. The normalized spacial score (nSPS) is 12.2. The summed E-state index contributed by atoms with van der Waals surface area (Å²) in [6.07, 6.45) is 1.64. The van der Waals surface area contributed by atoms with Gasteiger partial charge in [0.1, 0.15) is 6.33 Å². The molecule has 0 aliphatic heterocycles. The van der Waals surface area contributed by atoms with Crippen LogP contribution < -0.4 is 5.32 Å². The monoisotopic (exact) mass is 349 g/mol. The molecule has 1 atom stereocenters. The number of nitrogens with one attached hydrogen (secondary N) is 1. The quantitative estimate of drug-likeness (QED) is 0.810. The van der Waals surface area contributed by atoms with E-state index in [1.54, 1.807) is 25.4 Å². The lowest BCUT2D eigenvalue weighted by Gasteiger charge is -2.21. The summed E-state index contributed by atoms with van der Waals surface area (Å²) in [4.78, 5) is 14.2. The van der Waals surface area contributed by atoms with Gasteiger partial charge < -0.3 is 19.5 Å². The zero-order valence-electron chi connectivity index (χ0n) is 15.8. The molecular formula is C16H27N7O2. The first-order valence-corrected chi connectivity index (χ1v) is 8.22. The fourth-order valence-corrected chi connectivity index (χ4v) is 2.68. The van der Waals surface area contributed by atoms with Gasteiger partial charge >= 0.3 is 6.03 Å². The number of carbonyl (C=O) groups is 1. The van der Waals surface area contributed by atoms with Crippen LogP contribution in [0.25, 0.3) is 0 Å². The fourth-order valence-electron chi connectivity index (χ4n) is 2.68. The maximum Gasteiger partial charge on any atom is 0.318 e. The number of aryl methyl sites for hydroxylation is 2. The molecule has 0 bridgehead atoms. The van der Waals surface area contributed by atoms with Gasteiger partial charge in [0.15, 0.2) is 5.82 Å². The molecule has 1 N–H and O–H groups in total. The van der Waals surface area contributed by atoms with Crippen LogP contribution in [0.4, 0.5) is 4.79 Å². The third kappa shape index (κ3) is 4.36. The van der Waals surface area contributed by atoms with Crippen molar-refractivity contribution >= 4 is 6.03 Å². The van der Waals surface area contributed by atoms with Crippen LogP contribution >= 0.6 is 0 Å². The van der Waals surface area contributed by atoms with Gasteiger partial charge in [0.25, 0.3) is 0 Å². The van der Waals surface area contributed by atoms with Crippen molar-refractivity contribution in [3.05, 3.63) is 29.1 Å². The standard InChI is InChI=1S/C16H27N7O2/c1-11-14(13(3)22(5)20-11)9-21(4)16(24)18-12(2)15-19-17-10-23(15)7-8-25-6/h10,12H,7-9H2,1-6H3,(H,18,24)/t12-/m1/s1. The SMILES string of the molecule is COCCn1cnnc1[C@@H](C)NC(=O)N(C)Cc1c(C)nn(C)c1C. The Labute approximate surface area is 148 Å². The molecule has 0 fully saturated rings. The lowest BCUT2D eigenvalue weighted by Crippen LogP contribution is -2.39. The Bertz CT molecular complexity index is 722. The first-order chi connectivity index (χ1) is 11.8. The molecule has 0 aliphatic rings. The molecule has 25 heavy (non-hydrogen) atoms. The van der Waals surface area contributed by atoms with Crippen molar-refractivity contribution in [2.45, 2.75) is 39.9 Å². The number of nitrogens with zero attached hydrogens (tertiary/aromatic N) is 6. The van der Waals surface area contributed by atoms with Crippen LogP contribution in [0.1, 0.15) is 35.7 Å². The number of carbonyl (C=O) groups excluding carboxylic acids is 1. The van der Waals surface area contributed by atoms with Crippen LogP contribution in [0.3, 0.4) is 0 Å². The summed E-state index contributed by atoms with van der Waals surface area (Å²) in [5.74, 6) is 0.701. The Morgan fingerprint density at radius 3 is 2.76 bits per heavy atom. The molecule has 0 aliphatic carbocycles. The summed E-state index contributed by atoms with van der Waals surface area (Å²) in [7, 11) is 5.32. The summed E-state index contributed by atoms with van der Waals surface area (Å²) >= 11 is 0. The smallest absolute Gasteiger partial charge is 0.318 e. The number of hydrogen-bond acceptors (Lipinski definition) is 5. The molecule has 0 radical (unpaired) electrons. The number of urea groups is 1. The van der Waals surface area contributed by atoms with Gasteiger partial charge in [0.2, 0.25) is 0 Å². The van der Waals surface area contributed by atoms with Crippen molar-refractivity contribution in [3.63, 3.8) is 0 Å². The molecule has 9 nitrogen and oxygen atoms in total. The number of amides is 2. The highest BCUT2D eigenvalue weighted by Crippen LogP contribution is 2.15. The summed E-state index contributed by atoms with van der Waals surface area (Å²) < 4.78 is 8.79. The van der Waals surface area contributed by atoms with E-state index in [1.165, 1.54) is 0 Å². The molecule has 0 aromatic carbocycles. The van der Waals surface area contributed by atoms with Crippen LogP contribution in [0.15, 0.2) is 6.33 Å². The van der Waals surface area contributed by atoms with E-state index in [-0.39, 0.29) is 12.1 Å². The number of hydrogen-bond donors (Lipinski definition) is 1. The molecule has 0 saturated heterocycles. The first-order valence-electron chi connectivity index (χ1n) is 8.22. The summed E-state index contributed by atoms with van der Waals surface area (Å²) in [6, 6.07) is -0.429. The minimum absolute atomic E-state index is 0.170. The number of methoxy groups -OCH3 is 1. The topological polar surface area (TPSA) is 90.1 Å². The molecule has 0 saturated carbocycles. The Morgan fingerprint density at radius 1 is 1.44 bits per heavy atom. The predicted molar refractivity (Wildman–Crippen MR) is 93.0 cm³/mol. The van der Waals surface area contributed by atoms with E-state index in [9.17, 15) is 4.79 Å². The highest BCUT2D eigenvalue weighted by Gasteiger charge is 2.20. The van der Waals surface area contributed by atoms with Crippen LogP contribution in [-0.2, 0) is 24.9 Å². The molecule has 2 rings (SSSR count). The Balaban J connectivity index is 2.00. The van der Waals surface area contributed by atoms with Crippen molar-refractivity contribution in [2.24, 2.45) is 7.05 Å². The molecule has 2 heterocycles. The van der Waals surface area contributed by atoms with Gasteiger partial charge in [-0.3, -0.25) is 4.68 Å². The zero-order chi connectivity index (χ0) is 18.6. The molecule has 9 heteroatoms. The largest absolute Gasteiger partial charge is 0.383 e. The minimum Gasteiger partial charge on any atom is -0.383 e. The molecule has 2 amide bonds. The van der Waals surface area contributed by atoms with Crippen LogP contribution in [-0.4, -0.2) is 56.2 Å². The Hall–Kier alpha value is -2.42. The van der Waals surface area contributed by atoms with Crippen LogP contribution in [0, 0.1) is 13.8 Å². The van der Waals surface area contributed by atoms with Crippen molar-refractivity contribution in [1.82, 2.24) is 34.8 Å². The average molecular weight is 349 g/mol. The van der Waals surface area contributed by atoms with Crippen molar-refractivity contribution < 1.29 is 9.53 Å². The second-order valence-corrected chi connectivity index (χ2v) is 6.18. The Morgan fingerprint density at radius 2 is 2.16 bits per heavy atom. The minimum atomic E-state index is -0.259. The average Bonchev–Trinajstić information content (AvgIpc) is 3.13. The van der Waals surface area contributed by atoms with Gasteiger partial charge in [-0.25, -0.2) is 4.79 Å². The van der Waals surface area contributed by atoms with Gasteiger partial charge in [0, 0.05) is 39.0 Å². The first kappa shape index (κ1) is 18.9. The Kier molecular flexibility index (Phi) is 6.13. The van der Waals surface area contributed by atoms with E-state index in [1.807, 2.05) is 37.1 Å². The zero-order valence-corrected chi connectivity index (χ0v) is 15.8. The molecule has 2 aromatic heterocycles. The van der Waals surface area contributed by atoms with Crippen molar-refractivity contribution in [3.8, 4) is 0 Å². The van der Waals surface area contributed by atoms with E-state index in [2.05, 4.69) is 20.6 Å². The second-order valence-electron chi connectivity index (χ2n) is 6.18. The highest BCUT2D eigenvalue weighted by molar-refractivity contribution is 5.74. The van der Waals surface area contributed by atoms with Gasteiger partial charge in [0.05, 0.1) is 24.9 Å². The lowest BCUT2D eigenvalue weighted by molar-refractivity contribution is 0.184. The number of aromatic nitrogens is 5. The van der Waals surface area contributed by atoms with Gasteiger partial charge in [-0.2, -0.15) is 5.10 Å². The molecule has 0 spiro atoms. The molecule has 138 valence electrons. The van der Waals surface area contributed by atoms with Crippen molar-refractivity contribution in [2.75, 3.05) is 20.8 Å². The van der Waals surface area contributed by atoms with E-state index in [0.29, 0.717) is 25.5 Å². The van der Waals surface area contributed by atoms with Crippen LogP contribution in [0.2, 0.25) is 0 Å². The third-order valence-corrected chi connectivity index (χ3v) is 4.31. The summed E-state index contributed by atoms with van der Waals surface area (Å²) in [5.41, 5.74) is 3.06. The second kappa shape index (κ2) is 8.11. The molecular weight excluding hydrogens is 322 g/mol. The van der Waals surface area contributed by atoms with Crippen LogP contribution in [0.5, 0.6) is 0 Å². The number of rotatable bonds is 7. The summed E-state index contributed by atoms with van der Waals surface area (Å²) in [6.45, 7) is 7.55. The third-order valence-electron chi connectivity index (χ3n) is 4.31. The van der Waals surface area contributed by atoms with E-state index < -0.39 is 0 Å². The maximum absolute atomic E-state index is 12.5. The van der Waals surface area contributed by atoms with E-state index >= 15 is 0 Å². The fraction of sp³-hybridized carbons (Fsp3) is 0.625. The van der Waals surface area contributed by atoms with Gasteiger partial charge in [-0.05, 0) is 20.8 Å². The van der Waals surface area contributed by atoms with Gasteiger partial charge in [-0.15, -0.1) is 10.2 Å². The van der Waals surface area contributed by atoms with E-state index in [4.69, 9.17) is 4.74 Å². The van der Waals surface area contributed by atoms with Gasteiger partial charge in [-0.1, -0.05) is 0 Å². The molecule has 0 unspecified atom stereocenters. The summed E-state index contributed by atoms with van der Waals surface area (Å²) in [5, 5.41) is 15.4. The lowest BCUT2D eigenvalue weighted by atomic mass is 10.2.